The molecular formula is C12H12ClNO3. The van der Waals surface area contributed by atoms with Crippen molar-refractivity contribution in [3.63, 3.8) is 0 Å². The van der Waals surface area contributed by atoms with Crippen molar-refractivity contribution in [1.29, 1.82) is 0 Å². The number of hydrogen-bond donors (Lipinski definition) is 2. The lowest BCUT2D eigenvalue weighted by Crippen LogP contribution is -2.16. The molecule has 0 fully saturated rings. The summed E-state index contributed by atoms with van der Waals surface area (Å²) in [5.74, 6) is -1.59. The van der Waals surface area contributed by atoms with Gasteiger partial charge in [-0.25, -0.2) is 4.79 Å². The minimum Gasteiger partial charge on any atom is -0.478 e. The summed E-state index contributed by atoms with van der Waals surface area (Å²) in [4.78, 5) is 22.4. The van der Waals surface area contributed by atoms with Gasteiger partial charge in [0.15, 0.2) is 0 Å². The molecule has 0 aromatic heterocycles. The molecule has 90 valence electrons. The van der Waals surface area contributed by atoms with Crippen LogP contribution in [0.15, 0.2) is 35.4 Å². The minimum atomic E-state index is -1.11. The van der Waals surface area contributed by atoms with Crippen LogP contribution in [-0.2, 0) is 9.59 Å². The Bertz CT molecular complexity index is 494. The van der Waals surface area contributed by atoms with Gasteiger partial charge in [-0.1, -0.05) is 23.7 Å². The van der Waals surface area contributed by atoms with E-state index < -0.39 is 11.9 Å². The second-order valence-corrected chi connectivity index (χ2v) is 3.90. The van der Waals surface area contributed by atoms with E-state index in [0.29, 0.717) is 10.7 Å². The van der Waals surface area contributed by atoms with Gasteiger partial charge in [0, 0.05) is 11.1 Å². The maximum atomic E-state index is 11.7. The summed E-state index contributed by atoms with van der Waals surface area (Å²) in [7, 11) is 0. The molecular weight excluding hydrogens is 242 g/mol. The van der Waals surface area contributed by atoms with Crippen LogP contribution in [0.25, 0.3) is 0 Å². The highest BCUT2D eigenvalue weighted by molar-refractivity contribution is 6.33. The number of amides is 1. The van der Waals surface area contributed by atoms with E-state index in [1.165, 1.54) is 13.8 Å². The standard InChI is InChI=1S/C12H12ClNO3/c1-7(8(2)12(16)17)11(15)14-10-6-4-3-5-9(10)13/h3-6H,1-2H3,(H,14,15)(H,16,17)/b8-7-. The van der Waals surface area contributed by atoms with E-state index in [1.54, 1.807) is 24.3 Å². The second-order valence-electron chi connectivity index (χ2n) is 3.49. The van der Waals surface area contributed by atoms with Crippen LogP contribution in [0, 0.1) is 0 Å². The zero-order valence-corrected chi connectivity index (χ0v) is 10.2. The Balaban J connectivity index is 2.91. The van der Waals surface area contributed by atoms with Crippen molar-refractivity contribution < 1.29 is 14.7 Å². The smallest absolute Gasteiger partial charge is 0.331 e. The number of carboxylic acid groups (broad SMARTS) is 1. The van der Waals surface area contributed by atoms with E-state index in [1.807, 2.05) is 0 Å². The number of aliphatic carboxylic acids is 1. The summed E-state index contributed by atoms with van der Waals surface area (Å²) in [5, 5.41) is 11.7. The monoisotopic (exact) mass is 253 g/mol. The number of benzene rings is 1. The van der Waals surface area contributed by atoms with Gasteiger partial charge in [0.05, 0.1) is 10.7 Å². The van der Waals surface area contributed by atoms with E-state index in [9.17, 15) is 9.59 Å². The number of hydrogen-bond acceptors (Lipinski definition) is 2. The first kappa shape index (κ1) is 13.3. The molecule has 0 aliphatic rings. The molecule has 4 nitrogen and oxygen atoms in total. The third kappa shape index (κ3) is 3.32. The Morgan fingerprint density at radius 2 is 1.76 bits per heavy atom. The van der Waals surface area contributed by atoms with Crippen LogP contribution in [0.2, 0.25) is 5.02 Å². The molecule has 1 aromatic rings. The number of halogens is 1. The zero-order valence-electron chi connectivity index (χ0n) is 9.45. The normalized spacial score (nSPS) is 11.7. The fourth-order valence-corrected chi connectivity index (χ4v) is 1.29. The van der Waals surface area contributed by atoms with Crippen molar-refractivity contribution in [2.45, 2.75) is 13.8 Å². The summed E-state index contributed by atoms with van der Waals surface area (Å²) < 4.78 is 0. The van der Waals surface area contributed by atoms with Gasteiger partial charge >= 0.3 is 5.97 Å². The van der Waals surface area contributed by atoms with Gasteiger partial charge in [-0.2, -0.15) is 0 Å². The molecule has 2 N–H and O–H groups in total. The van der Waals surface area contributed by atoms with E-state index in [2.05, 4.69) is 5.32 Å². The molecule has 1 aromatic carbocycles. The largest absolute Gasteiger partial charge is 0.478 e. The SMILES string of the molecule is C/C(C(=O)O)=C(\C)C(=O)Nc1ccccc1Cl. The fourth-order valence-electron chi connectivity index (χ4n) is 1.11. The van der Waals surface area contributed by atoms with Crippen molar-refractivity contribution >= 4 is 29.2 Å². The van der Waals surface area contributed by atoms with Crippen LogP contribution in [0.3, 0.4) is 0 Å². The molecule has 0 heterocycles. The molecule has 0 atom stereocenters. The number of nitrogens with one attached hydrogen (secondary N) is 1. The number of carbonyl (C=O) groups excluding carboxylic acids is 1. The molecule has 1 rings (SSSR count). The minimum absolute atomic E-state index is 0.00885. The number of rotatable bonds is 3. The van der Waals surface area contributed by atoms with Crippen LogP contribution in [0.5, 0.6) is 0 Å². The highest BCUT2D eigenvalue weighted by atomic mass is 35.5. The first-order valence-electron chi connectivity index (χ1n) is 4.90. The molecule has 0 aliphatic heterocycles. The van der Waals surface area contributed by atoms with Crippen LogP contribution >= 0.6 is 11.6 Å². The highest BCUT2D eigenvalue weighted by Crippen LogP contribution is 2.21. The number of anilines is 1. The van der Waals surface area contributed by atoms with Crippen LogP contribution in [0.1, 0.15) is 13.8 Å². The first-order valence-corrected chi connectivity index (χ1v) is 5.28. The molecule has 5 heteroatoms. The Labute approximate surface area is 104 Å². The van der Waals surface area contributed by atoms with E-state index >= 15 is 0 Å². The lowest BCUT2D eigenvalue weighted by molar-refractivity contribution is -0.133. The molecule has 0 saturated carbocycles. The Hall–Kier alpha value is -1.81. The molecule has 0 unspecified atom stereocenters. The molecule has 0 bridgehead atoms. The quantitative estimate of drug-likeness (QED) is 0.814. The summed E-state index contributed by atoms with van der Waals surface area (Å²) in [5.41, 5.74) is 0.615. The molecule has 1 amide bonds. The zero-order chi connectivity index (χ0) is 13.0. The fraction of sp³-hybridized carbons (Fsp3) is 0.167. The second kappa shape index (κ2) is 5.50. The first-order chi connectivity index (χ1) is 7.93. The van der Waals surface area contributed by atoms with Crippen LogP contribution < -0.4 is 5.32 Å². The summed E-state index contributed by atoms with van der Waals surface area (Å²) in [6, 6.07) is 6.75. The van der Waals surface area contributed by atoms with Crippen molar-refractivity contribution in [2.75, 3.05) is 5.32 Å². The predicted octanol–water partition coefficient (Wildman–Crippen LogP) is 2.70. The molecule has 0 aliphatic carbocycles. The summed E-state index contributed by atoms with van der Waals surface area (Å²) in [6.45, 7) is 2.83. The Morgan fingerprint density at radius 1 is 1.18 bits per heavy atom. The van der Waals surface area contributed by atoms with Gasteiger partial charge in [0.25, 0.3) is 5.91 Å². The van der Waals surface area contributed by atoms with Gasteiger partial charge in [-0.3, -0.25) is 4.79 Å². The van der Waals surface area contributed by atoms with Crippen LogP contribution in [0.4, 0.5) is 5.69 Å². The molecule has 0 spiro atoms. The third-order valence-electron chi connectivity index (χ3n) is 2.35. The lowest BCUT2D eigenvalue weighted by atomic mass is 10.1. The molecule has 0 radical (unpaired) electrons. The van der Waals surface area contributed by atoms with Gasteiger partial charge < -0.3 is 10.4 Å². The Morgan fingerprint density at radius 3 is 2.29 bits per heavy atom. The topological polar surface area (TPSA) is 66.4 Å². The Kier molecular flexibility index (Phi) is 4.29. The number of carbonyl (C=O) groups is 2. The summed E-state index contributed by atoms with van der Waals surface area (Å²) >= 11 is 5.87. The lowest BCUT2D eigenvalue weighted by Gasteiger charge is -2.08. The maximum Gasteiger partial charge on any atom is 0.331 e. The molecule has 17 heavy (non-hydrogen) atoms. The number of para-hydroxylation sites is 1. The van der Waals surface area contributed by atoms with Crippen molar-refractivity contribution in [3.05, 3.63) is 40.4 Å². The van der Waals surface area contributed by atoms with Gasteiger partial charge in [0.1, 0.15) is 0 Å². The average molecular weight is 254 g/mol. The van der Waals surface area contributed by atoms with Gasteiger partial charge in [-0.05, 0) is 26.0 Å². The van der Waals surface area contributed by atoms with Gasteiger partial charge in [-0.15, -0.1) is 0 Å². The van der Waals surface area contributed by atoms with Crippen molar-refractivity contribution in [1.82, 2.24) is 0 Å². The maximum absolute atomic E-state index is 11.7. The molecule has 0 saturated heterocycles. The highest BCUT2D eigenvalue weighted by Gasteiger charge is 2.13. The van der Waals surface area contributed by atoms with E-state index in [0.717, 1.165) is 0 Å². The average Bonchev–Trinajstić information content (AvgIpc) is 2.30. The van der Waals surface area contributed by atoms with Gasteiger partial charge in [0.2, 0.25) is 0 Å². The van der Waals surface area contributed by atoms with Crippen molar-refractivity contribution in [2.24, 2.45) is 0 Å². The van der Waals surface area contributed by atoms with E-state index in [-0.39, 0.29) is 11.1 Å². The van der Waals surface area contributed by atoms with Crippen molar-refractivity contribution in [3.8, 4) is 0 Å². The predicted molar refractivity (Wildman–Crippen MR) is 66.1 cm³/mol. The summed E-state index contributed by atoms with van der Waals surface area (Å²) in [6.07, 6.45) is 0. The number of carboxylic acids is 1. The van der Waals surface area contributed by atoms with Crippen LogP contribution in [-0.4, -0.2) is 17.0 Å². The van der Waals surface area contributed by atoms with E-state index in [4.69, 9.17) is 16.7 Å². The third-order valence-corrected chi connectivity index (χ3v) is 2.68.